The van der Waals surface area contributed by atoms with E-state index < -0.39 is 5.60 Å². The summed E-state index contributed by atoms with van der Waals surface area (Å²) in [5, 5.41) is 7.67. The Morgan fingerprint density at radius 2 is 1.83 bits per heavy atom. The number of rotatable bonds is 2. The smallest absolute Gasteiger partial charge is 0.410 e. The Balaban J connectivity index is 1.89. The van der Waals surface area contributed by atoms with Crippen LogP contribution in [0.5, 0.6) is 0 Å². The van der Waals surface area contributed by atoms with Crippen LogP contribution in [0.1, 0.15) is 32.9 Å². The van der Waals surface area contributed by atoms with Gasteiger partial charge in [-0.3, -0.25) is 4.79 Å². The maximum absolute atomic E-state index is 12.4. The second-order valence-corrected chi connectivity index (χ2v) is 6.73. The lowest BCUT2D eigenvalue weighted by atomic mass is 10.2. The third kappa shape index (κ3) is 4.94. The van der Waals surface area contributed by atoms with E-state index >= 15 is 0 Å². The van der Waals surface area contributed by atoms with Crippen molar-refractivity contribution in [1.82, 2.24) is 24.8 Å². The number of carbonyl (C=O) groups is 2. The molecule has 2 amide bonds. The minimum absolute atomic E-state index is 0.00959. The van der Waals surface area contributed by atoms with E-state index in [1.807, 2.05) is 27.7 Å². The Morgan fingerprint density at radius 1 is 1.17 bits per heavy atom. The Kier molecular flexibility index (Phi) is 5.23. The van der Waals surface area contributed by atoms with E-state index in [9.17, 15) is 9.59 Å². The monoisotopic (exact) mass is 323 g/mol. The number of nitrogens with zero attached hydrogens (tertiary/aromatic N) is 5. The normalized spacial score (nSPS) is 16.2. The van der Waals surface area contributed by atoms with E-state index in [1.165, 1.54) is 0 Å². The maximum atomic E-state index is 12.4. The second kappa shape index (κ2) is 6.97. The van der Waals surface area contributed by atoms with Gasteiger partial charge in [0, 0.05) is 26.2 Å². The average molecular weight is 323 g/mol. The summed E-state index contributed by atoms with van der Waals surface area (Å²) in [6.45, 7) is 9.80. The van der Waals surface area contributed by atoms with Gasteiger partial charge in [0.2, 0.25) is 5.91 Å². The van der Waals surface area contributed by atoms with Crippen LogP contribution in [0.3, 0.4) is 0 Å². The number of aryl methyl sites for hydroxylation is 1. The van der Waals surface area contributed by atoms with E-state index in [1.54, 1.807) is 20.7 Å². The van der Waals surface area contributed by atoms with Gasteiger partial charge >= 0.3 is 6.09 Å². The van der Waals surface area contributed by atoms with Crippen LogP contribution in [-0.4, -0.2) is 68.6 Å². The lowest BCUT2D eigenvalue weighted by Crippen LogP contribution is -2.40. The second-order valence-electron chi connectivity index (χ2n) is 6.73. The molecule has 2 heterocycles. The van der Waals surface area contributed by atoms with Crippen molar-refractivity contribution in [1.29, 1.82) is 0 Å². The summed E-state index contributed by atoms with van der Waals surface area (Å²) in [5.74, 6) is -0.00959. The summed E-state index contributed by atoms with van der Waals surface area (Å²) in [5.41, 5.74) is 0.340. The fraction of sp³-hybridized carbons (Fsp3) is 0.733. The Bertz CT molecular complexity index is 564. The van der Waals surface area contributed by atoms with E-state index in [0.717, 1.165) is 12.1 Å². The number of amides is 2. The zero-order valence-corrected chi connectivity index (χ0v) is 14.3. The van der Waals surface area contributed by atoms with Crippen molar-refractivity contribution in [2.45, 2.75) is 46.3 Å². The number of hydrogen-bond acceptors (Lipinski definition) is 5. The zero-order valence-electron chi connectivity index (χ0n) is 14.3. The van der Waals surface area contributed by atoms with Gasteiger partial charge in [-0.15, -0.1) is 5.10 Å². The van der Waals surface area contributed by atoms with Crippen molar-refractivity contribution in [3.8, 4) is 0 Å². The highest BCUT2D eigenvalue weighted by Gasteiger charge is 2.26. The van der Waals surface area contributed by atoms with E-state index in [-0.39, 0.29) is 18.5 Å². The van der Waals surface area contributed by atoms with Crippen molar-refractivity contribution >= 4 is 12.0 Å². The molecule has 0 bridgehead atoms. The Morgan fingerprint density at radius 3 is 2.43 bits per heavy atom. The summed E-state index contributed by atoms with van der Waals surface area (Å²) >= 11 is 0. The Hall–Kier alpha value is -2.12. The standard InChI is InChI=1S/C15H25N5O3/c1-12-10-16-17-20(12)11-13(21)18-6-5-7-19(9-8-18)14(22)23-15(2,3)4/h10H,5-9,11H2,1-4H3. The highest BCUT2D eigenvalue weighted by atomic mass is 16.6. The van der Waals surface area contributed by atoms with Gasteiger partial charge in [-0.1, -0.05) is 5.21 Å². The first-order chi connectivity index (χ1) is 10.8. The van der Waals surface area contributed by atoms with Crippen molar-refractivity contribution in [2.24, 2.45) is 0 Å². The van der Waals surface area contributed by atoms with Gasteiger partial charge in [-0.25, -0.2) is 9.48 Å². The van der Waals surface area contributed by atoms with Crippen LogP contribution in [0, 0.1) is 6.92 Å². The summed E-state index contributed by atoms with van der Waals surface area (Å²) in [6.07, 6.45) is 2.04. The highest BCUT2D eigenvalue weighted by Crippen LogP contribution is 2.12. The number of aromatic nitrogens is 3. The molecule has 23 heavy (non-hydrogen) atoms. The van der Waals surface area contributed by atoms with Gasteiger partial charge in [0.05, 0.1) is 11.9 Å². The minimum Gasteiger partial charge on any atom is -0.444 e. The Labute approximate surface area is 136 Å². The van der Waals surface area contributed by atoms with Gasteiger partial charge in [0.25, 0.3) is 0 Å². The fourth-order valence-electron chi connectivity index (χ4n) is 2.37. The predicted octanol–water partition coefficient (Wildman–Crippen LogP) is 1.06. The number of carbonyl (C=O) groups excluding carboxylic acids is 2. The summed E-state index contributed by atoms with van der Waals surface area (Å²) in [4.78, 5) is 27.9. The van der Waals surface area contributed by atoms with E-state index in [0.29, 0.717) is 26.2 Å². The lowest BCUT2D eigenvalue weighted by molar-refractivity contribution is -0.132. The molecule has 0 aliphatic carbocycles. The third-order valence-corrected chi connectivity index (χ3v) is 3.60. The van der Waals surface area contributed by atoms with Crippen LogP contribution < -0.4 is 0 Å². The molecule has 0 spiro atoms. The lowest BCUT2D eigenvalue weighted by Gasteiger charge is -2.26. The van der Waals surface area contributed by atoms with Crippen LogP contribution in [0.2, 0.25) is 0 Å². The molecule has 0 aromatic carbocycles. The highest BCUT2D eigenvalue weighted by molar-refractivity contribution is 5.76. The van der Waals surface area contributed by atoms with Crippen LogP contribution in [-0.2, 0) is 16.1 Å². The van der Waals surface area contributed by atoms with Crippen LogP contribution >= 0.6 is 0 Å². The first-order valence-electron chi connectivity index (χ1n) is 7.87. The van der Waals surface area contributed by atoms with E-state index in [2.05, 4.69) is 10.3 Å². The van der Waals surface area contributed by atoms with Gasteiger partial charge < -0.3 is 14.5 Å². The molecule has 0 unspecified atom stereocenters. The average Bonchev–Trinajstić information content (AvgIpc) is 2.72. The summed E-state index contributed by atoms with van der Waals surface area (Å²) in [7, 11) is 0. The minimum atomic E-state index is -0.510. The van der Waals surface area contributed by atoms with Crippen molar-refractivity contribution in [3.63, 3.8) is 0 Å². The molecule has 2 rings (SSSR count). The molecule has 0 saturated carbocycles. The molecule has 128 valence electrons. The van der Waals surface area contributed by atoms with Crippen molar-refractivity contribution < 1.29 is 14.3 Å². The van der Waals surface area contributed by atoms with Crippen LogP contribution in [0.15, 0.2) is 6.20 Å². The fourth-order valence-corrected chi connectivity index (χ4v) is 2.37. The molecule has 0 N–H and O–H groups in total. The molecule has 8 heteroatoms. The third-order valence-electron chi connectivity index (χ3n) is 3.60. The zero-order chi connectivity index (χ0) is 17.0. The molecular formula is C15H25N5O3. The van der Waals surface area contributed by atoms with Gasteiger partial charge in [0.15, 0.2) is 0 Å². The number of ether oxygens (including phenoxy) is 1. The summed E-state index contributed by atoms with van der Waals surface area (Å²) < 4.78 is 6.97. The largest absolute Gasteiger partial charge is 0.444 e. The molecule has 1 aromatic heterocycles. The first-order valence-corrected chi connectivity index (χ1v) is 7.87. The van der Waals surface area contributed by atoms with Gasteiger partial charge in [0.1, 0.15) is 12.1 Å². The van der Waals surface area contributed by atoms with Crippen LogP contribution in [0.25, 0.3) is 0 Å². The predicted molar refractivity (Wildman–Crippen MR) is 83.8 cm³/mol. The van der Waals surface area contributed by atoms with Crippen molar-refractivity contribution in [3.05, 3.63) is 11.9 Å². The molecule has 1 aliphatic heterocycles. The molecule has 1 aliphatic rings. The molecule has 1 saturated heterocycles. The van der Waals surface area contributed by atoms with Gasteiger partial charge in [-0.2, -0.15) is 0 Å². The maximum Gasteiger partial charge on any atom is 0.410 e. The van der Waals surface area contributed by atoms with E-state index in [4.69, 9.17) is 4.74 Å². The van der Waals surface area contributed by atoms with Crippen LogP contribution in [0.4, 0.5) is 4.79 Å². The molecule has 1 fully saturated rings. The van der Waals surface area contributed by atoms with Gasteiger partial charge in [-0.05, 0) is 34.1 Å². The molecule has 8 nitrogen and oxygen atoms in total. The molecular weight excluding hydrogens is 298 g/mol. The molecule has 0 radical (unpaired) electrons. The summed E-state index contributed by atoms with van der Waals surface area (Å²) in [6, 6.07) is 0. The van der Waals surface area contributed by atoms with Crippen molar-refractivity contribution in [2.75, 3.05) is 26.2 Å². The first kappa shape index (κ1) is 17.2. The topological polar surface area (TPSA) is 80.6 Å². The molecule has 0 atom stereocenters. The quantitative estimate of drug-likeness (QED) is 0.813. The SMILES string of the molecule is Cc1cnnn1CC(=O)N1CCCN(C(=O)OC(C)(C)C)CC1. The molecule has 1 aromatic rings. The number of hydrogen-bond donors (Lipinski definition) is 0.